The van der Waals surface area contributed by atoms with Gasteiger partial charge in [0.2, 0.25) is 0 Å². The first-order chi connectivity index (χ1) is 16.1. The summed E-state index contributed by atoms with van der Waals surface area (Å²) in [5.74, 6) is -0.272. The molecule has 1 fully saturated rings. The van der Waals surface area contributed by atoms with Gasteiger partial charge < -0.3 is 15.2 Å². The molecule has 2 N–H and O–H groups in total. The van der Waals surface area contributed by atoms with Crippen molar-refractivity contribution in [2.75, 3.05) is 39.5 Å². The van der Waals surface area contributed by atoms with Crippen molar-refractivity contribution in [3.8, 4) is 0 Å². The molecule has 7 nitrogen and oxygen atoms in total. The minimum atomic E-state index is -0.415. The van der Waals surface area contributed by atoms with Gasteiger partial charge in [0.1, 0.15) is 0 Å². The van der Waals surface area contributed by atoms with E-state index in [-0.39, 0.29) is 12.5 Å². The lowest BCUT2D eigenvalue weighted by molar-refractivity contribution is 0.0361. The number of hydrogen-bond acceptors (Lipinski definition) is 5. The largest absolute Gasteiger partial charge is 0.394 e. The second kappa shape index (κ2) is 11.1. The number of para-hydroxylation sites is 1. The molecule has 1 saturated heterocycles. The maximum absolute atomic E-state index is 13.2. The van der Waals surface area contributed by atoms with E-state index < -0.39 is 6.04 Å². The number of aromatic nitrogens is 2. The average molecular weight is 471 g/mol. The summed E-state index contributed by atoms with van der Waals surface area (Å²) in [6.45, 7) is 6.84. The summed E-state index contributed by atoms with van der Waals surface area (Å²) in [7, 11) is 0. The van der Waals surface area contributed by atoms with Crippen LogP contribution in [0, 0.1) is 0 Å². The third-order valence-electron chi connectivity index (χ3n) is 6.13. The standard InChI is InChI=1S/C25H31ClN4O3/c1-2-19-4-3-5-22-23(28-30(24(19)22)11-10-29-12-14-33-15-13-29)25(32)27-21(17-31)16-18-6-8-20(26)9-7-18/h3-9,21,31H,2,10-17H2,1H3,(H,27,32). The molecule has 1 aliphatic rings. The number of nitrogens with one attached hydrogen (secondary N) is 1. The molecule has 2 aromatic carbocycles. The summed E-state index contributed by atoms with van der Waals surface area (Å²) in [5.41, 5.74) is 3.57. The molecule has 0 aliphatic carbocycles. The molecule has 4 rings (SSSR count). The Bertz CT molecular complexity index is 1080. The van der Waals surface area contributed by atoms with Crippen molar-refractivity contribution >= 4 is 28.4 Å². The van der Waals surface area contributed by atoms with Gasteiger partial charge >= 0.3 is 0 Å². The average Bonchev–Trinajstić information content (AvgIpc) is 3.23. The monoisotopic (exact) mass is 470 g/mol. The summed E-state index contributed by atoms with van der Waals surface area (Å²) < 4.78 is 7.41. The minimum absolute atomic E-state index is 0.162. The molecule has 2 heterocycles. The quantitative estimate of drug-likeness (QED) is 0.502. The first kappa shape index (κ1) is 23.7. The molecule has 1 aromatic heterocycles. The predicted molar refractivity (Wildman–Crippen MR) is 130 cm³/mol. The van der Waals surface area contributed by atoms with Crippen LogP contribution < -0.4 is 5.32 Å². The number of halogens is 1. The second-order valence-electron chi connectivity index (χ2n) is 8.38. The fourth-order valence-electron chi connectivity index (χ4n) is 4.31. The van der Waals surface area contributed by atoms with Gasteiger partial charge in [-0.15, -0.1) is 0 Å². The van der Waals surface area contributed by atoms with Crippen LogP contribution in [0.5, 0.6) is 0 Å². The van der Waals surface area contributed by atoms with Gasteiger partial charge in [0.05, 0.1) is 37.9 Å². The summed E-state index contributed by atoms with van der Waals surface area (Å²) in [4.78, 5) is 15.6. The van der Waals surface area contributed by atoms with Crippen molar-refractivity contribution in [1.29, 1.82) is 0 Å². The molecule has 8 heteroatoms. The van der Waals surface area contributed by atoms with Crippen LogP contribution >= 0.6 is 11.6 Å². The molecule has 0 saturated carbocycles. The van der Waals surface area contributed by atoms with Crippen molar-refractivity contribution in [1.82, 2.24) is 20.0 Å². The molecule has 1 amide bonds. The molecule has 1 aliphatic heterocycles. The zero-order valence-corrected chi connectivity index (χ0v) is 19.7. The van der Waals surface area contributed by atoms with Gasteiger partial charge in [-0.05, 0) is 36.1 Å². The lowest BCUT2D eigenvalue weighted by atomic mass is 10.1. The molecule has 33 heavy (non-hydrogen) atoms. The Morgan fingerprint density at radius 2 is 1.94 bits per heavy atom. The topological polar surface area (TPSA) is 79.6 Å². The molecule has 1 unspecified atom stereocenters. The highest BCUT2D eigenvalue weighted by atomic mass is 35.5. The second-order valence-corrected chi connectivity index (χ2v) is 8.81. The van der Waals surface area contributed by atoms with Crippen LogP contribution in [-0.4, -0.2) is 71.2 Å². The number of aliphatic hydroxyl groups is 1. The van der Waals surface area contributed by atoms with Crippen molar-refractivity contribution in [3.63, 3.8) is 0 Å². The Balaban J connectivity index is 1.55. The first-order valence-corrected chi connectivity index (χ1v) is 11.9. The highest BCUT2D eigenvalue weighted by Crippen LogP contribution is 2.24. The highest BCUT2D eigenvalue weighted by molar-refractivity contribution is 6.30. The van der Waals surface area contributed by atoms with E-state index in [0.29, 0.717) is 23.7 Å². The van der Waals surface area contributed by atoms with Crippen molar-refractivity contribution in [2.24, 2.45) is 0 Å². The number of morpholine rings is 1. The van der Waals surface area contributed by atoms with Crippen LogP contribution in [0.15, 0.2) is 42.5 Å². The Hall–Kier alpha value is -2.45. The Kier molecular flexibility index (Phi) is 7.98. The van der Waals surface area contributed by atoms with Gasteiger partial charge in [-0.2, -0.15) is 5.10 Å². The van der Waals surface area contributed by atoms with Gasteiger partial charge in [0.25, 0.3) is 5.91 Å². The lowest BCUT2D eigenvalue weighted by Gasteiger charge is -2.26. The van der Waals surface area contributed by atoms with Gasteiger partial charge in [-0.3, -0.25) is 14.4 Å². The minimum Gasteiger partial charge on any atom is -0.394 e. The van der Waals surface area contributed by atoms with Crippen LogP contribution in [0.25, 0.3) is 10.9 Å². The van der Waals surface area contributed by atoms with E-state index in [0.717, 1.165) is 55.7 Å². The number of rotatable bonds is 9. The molecular formula is C25H31ClN4O3. The fourth-order valence-corrected chi connectivity index (χ4v) is 4.43. The molecule has 1 atom stereocenters. The summed E-state index contributed by atoms with van der Waals surface area (Å²) >= 11 is 5.97. The summed E-state index contributed by atoms with van der Waals surface area (Å²) in [6, 6.07) is 13.0. The number of amides is 1. The number of hydrogen-bond donors (Lipinski definition) is 2. The van der Waals surface area contributed by atoms with Crippen LogP contribution in [-0.2, 0) is 24.1 Å². The van der Waals surface area contributed by atoms with E-state index >= 15 is 0 Å². The van der Waals surface area contributed by atoms with Crippen LogP contribution in [0.4, 0.5) is 0 Å². The van der Waals surface area contributed by atoms with Gasteiger partial charge in [-0.25, -0.2) is 0 Å². The molecule has 0 spiro atoms. The van der Waals surface area contributed by atoms with E-state index in [1.54, 1.807) is 0 Å². The highest BCUT2D eigenvalue weighted by Gasteiger charge is 2.22. The number of carbonyl (C=O) groups is 1. The van der Waals surface area contributed by atoms with Crippen molar-refractivity contribution < 1.29 is 14.6 Å². The molecule has 176 valence electrons. The Morgan fingerprint density at radius 3 is 2.64 bits per heavy atom. The molecule has 3 aromatic rings. The van der Waals surface area contributed by atoms with Gasteiger partial charge in [-0.1, -0.05) is 48.9 Å². The number of aryl methyl sites for hydroxylation is 1. The number of ether oxygens (including phenoxy) is 1. The lowest BCUT2D eigenvalue weighted by Crippen LogP contribution is -2.39. The van der Waals surface area contributed by atoms with Gasteiger partial charge in [0.15, 0.2) is 5.69 Å². The fraction of sp³-hybridized carbons (Fsp3) is 0.440. The molecule has 0 bridgehead atoms. The van der Waals surface area contributed by atoms with E-state index in [2.05, 4.69) is 23.2 Å². The number of fused-ring (bicyclic) bond motifs is 1. The zero-order valence-electron chi connectivity index (χ0n) is 19.0. The normalized spacial score (nSPS) is 15.6. The third-order valence-corrected chi connectivity index (χ3v) is 6.38. The Morgan fingerprint density at radius 1 is 1.18 bits per heavy atom. The third kappa shape index (κ3) is 5.73. The van der Waals surface area contributed by atoms with E-state index in [4.69, 9.17) is 21.4 Å². The maximum Gasteiger partial charge on any atom is 0.272 e. The summed E-state index contributed by atoms with van der Waals surface area (Å²) in [6.07, 6.45) is 1.37. The number of carbonyl (C=O) groups excluding carboxylic acids is 1. The van der Waals surface area contributed by atoms with Crippen molar-refractivity contribution in [3.05, 3.63) is 64.3 Å². The predicted octanol–water partition coefficient (Wildman–Crippen LogP) is 2.92. The van der Waals surface area contributed by atoms with Gasteiger partial charge in [0, 0.05) is 30.0 Å². The molecule has 0 radical (unpaired) electrons. The van der Waals surface area contributed by atoms with E-state index in [1.807, 2.05) is 41.1 Å². The van der Waals surface area contributed by atoms with E-state index in [1.165, 1.54) is 5.56 Å². The van der Waals surface area contributed by atoms with E-state index in [9.17, 15) is 9.90 Å². The summed E-state index contributed by atoms with van der Waals surface area (Å²) in [5, 5.41) is 19.1. The number of benzene rings is 2. The number of aliphatic hydroxyl groups excluding tert-OH is 1. The first-order valence-electron chi connectivity index (χ1n) is 11.5. The zero-order chi connectivity index (χ0) is 23.2. The van der Waals surface area contributed by atoms with Crippen molar-refractivity contribution in [2.45, 2.75) is 32.4 Å². The number of nitrogens with zero attached hydrogens (tertiary/aromatic N) is 3. The SMILES string of the molecule is CCc1cccc2c(C(=O)NC(CO)Cc3ccc(Cl)cc3)nn(CCN3CCOCC3)c12. The smallest absolute Gasteiger partial charge is 0.272 e. The van der Waals surface area contributed by atoms with Crippen LogP contribution in [0.1, 0.15) is 28.5 Å². The van der Waals surface area contributed by atoms with Crippen LogP contribution in [0.3, 0.4) is 0 Å². The Labute approximate surface area is 199 Å². The molecular weight excluding hydrogens is 440 g/mol. The van der Waals surface area contributed by atoms with Crippen LogP contribution in [0.2, 0.25) is 5.02 Å². The maximum atomic E-state index is 13.2.